The number of aliphatic carboxylic acids is 2. The summed E-state index contributed by atoms with van der Waals surface area (Å²) in [7, 11) is 0. The van der Waals surface area contributed by atoms with Crippen LogP contribution in [-0.4, -0.2) is 39.0 Å². The molecule has 3 unspecified atom stereocenters. The van der Waals surface area contributed by atoms with Gasteiger partial charge in [-0.15, -0.1) is 0 Å². The van der Waals surface area contributed by atoms with Crippen LogP contribution in [0.5, 0.6) is 0 Å². The van der Waals surface area contributed by atoms with Crippen molar-refractivity contribution in [2.24, 2.45) is 5.92 Å². The predicted molar refractivity (Wildman–Crippen MR) is 176 cm³/mol. The fraction of sp³-hybridized carbons (Fsp3) is 0.250. The third kappa shape index (κ3) is 8.71. The smallest absolute Gasteiger partial charge is 0.307 e. The van der Waals surface area contributed by atoms with Gasteiger partial charge in [-0.05, 0) is 77.6 Å². The second-order valence-electron chi connectivity index (χ2n) is 11.1. The van der Waals surface area contributed by atoms with Gasteiger partial charge in [-0.25, -0.2) is 0 Å². The van der Waals surface area contributed by atoms with E-state index in [1.54, 1.807) is 4.90 Å². The topological polar surface area (TPSA) is 94.9 Å². The molecule has 44 heavy (non-hydrogen) atoms. The van der Waals surface area contributed by atoms with Crippen LogP contribution in [0.2, 0.25) is 10.0 Å². The van der Waals surface area contributed by atoms with Crippen LogP contribution >= 0.6 is 23.2 Å². The van der Waals surface area contributed by atoms with Gasteiger partial charge >= 0.3 is 11.9 Å². The van der Waals surface area contributed by atoms with Crippen molar-refractivity contribution >= 4 is 57.9 Å². The van der Waals surface area contributed by atoms with E-state index < -0.39 is 36.6 Å². The Balaban J connectivity index is 1.70. The van der Waals surface area contributed by atoms with E-state index in [-0.39, 0.29) is 18.5 Å². The van der Waals surface area contributed by atoms with E-state index in [1.807, 2.05) is 111 Å². The van der Waals surface area contributed by atoms with Crippen molar-refractivity contribution in [2.45, 2.75) is 51.6 Å². The van der Waals surface area contributed by atoms with E-state index in [4.69, 9.17) is 23.2 Å². The number of amides is 1. The molecule has 0 aromatic heterocycles. The van der Waals surface area contributed by atoms with Crippen LogP contribution in [0.15, 0.2) is 91.0 Å². The summed E-state index contributed by atoms with van der Waals surface area (Å²) in [4.78, 5) is 38.9. The van der Waals surface area contributed by atoms with Crippen LogP contribution < -0.4 is 0 Å². The Morgan fingerprint density at radius 3 is 2.23 bits per heavy atom. The normalized spacial score (nSPS) is 13.5. The Morgan fingerprint density at radius 1 is 0.864 bits per heavy atom. The zero-order valence-electron chi connectivity index (χ0n) is 24.6. The number of rotatable bonds is 13. The van der Waals surface area contributed by atoms with Crippen molar-refractivity contribution < 1.29 is 24.6 Å². The fourth-order valence-corrected chi connectivity index (χ4v) is 5.70. The van der Waals surface area contributed by atoms with Crippen molar-refractivity contribution in [3.63, 3.8) is 0 Å². The Morgan fingerprint density at radius 2 is 1.57 bits per heavy atom. The average molecular weight is 633 g/mol. The summed E-state index contributed by atoms with van der Waals surface area (Å²) in [6.45, 7) is 4.12. The number of carboxylic acids is 2. The molecule has 0 aliphatic rings. The van der Waals surface area contributed by atoms with Gasteiger partial charge in [-0.1, -0.05) is 96.0 Å². The Hall–Kier alpha value is -4.13. The summed E-state index contributed by atoms with van der Waals surface area (Å²) in [5, 5.41) is 22.4. The number of carbonyl (C=O) groups excluding carboxylic acids is 1. The van der Waals surface area contributed by atoms with Crippen LogP contribution in [0, 0.1) is 12.8 Å². The van der Waals surface area contributed by atoms with Gasteiger partial charge in [0.05, 0.1) is 12.3 Å². The van der Waals surface area contributed by atoms with E-state index in [0.717, 1.165) is 33.0 Å². The van der Waals surface area contributed by atoms with Crippen LogP contribution in [-0.2, 0) is 20.9 Å². The van der Waals surface area contributed by atoms with Crippen molar-refractivity contribution in [1.82, 2.24) is 4.90 Å². The van der Waals surface area contributed by atoms with Gasteiger partial charge in [0.2, 0.25) is 5.91 Å². The van der Waals surface area contributed by atoms with Gasteiger partial charge in [0.25, 0.3) is 0 Å². The maximum absolute atomic E-state index is 13.9. The third-order valence-electron chi connectivity index (χ3n) is 7.95. The van der Waals surface area contributed by atoms with E-state index in [9.17, 15) is 24.6 Å². The van der Waals surface area contributed by atoms with Gasteiger partial charge in [-0.2, -0.15) is 0 Å². The van der Waals surface area contributed by atoms with Crippen LogP contribution in [0.25, 0.3) is 16.8 Å². The van der Waals surface area contributed by atoms with Gasteiger partial charge < -0.3 is 15.1 Å². The second kappa shape index (κ2) is 15.0. The molecule has 0 bridgehead atoms. The summed E-state index contributed by atoms with van der Waals surface area (Å²) in [5.74, 6) is -4.52. The number of allylic oxidation sites excluding steroid dienone is 1. The molecule has 4 aromatic carbocycles. The first-order valence-electron chi connectivity index (χ1n) is 14.4. The highest BCUT2D eigenvalue weighted by Crippen LogP contribution is 2.32. The average Bonchev–Trinajstić information content (AvgIpc) is 2.99. The van der Waals surface area contributed by atoms with Gasteiger partial charge in [-0.3, -0.25) is 14.4 Å². The molecule has 4 rings (SSSR count). The molecule has 0 saturated carbocycles. The zero-order valence-corrected chi connectivity index (χ0v) is 26.1. The monoisotopic (exact) mass is 631 g/mol. The van der Waals surface area contributed by atoms with Crippen molar-refractivity contribution in [3.05, 3.63) is 123 Å². The molecule has 0 saturated heterocycles. The number of carboxylic acid groups (broad SMARTS) is 2. The molecule has 228 valence electrons. The molecule has 0 spiro atoms. The molecule has 6 nitrogen and oxygen atoms in total. The quantitative estimate of drug-likeness (QED) is 0.154. The number of benzene rings is 4. The largest absolute Gasteiger partial charge is 0.481 e. The van der Waals surface area contributed by atoms with Gasteiger partial charge in [0.15, 0.2) is 0 Å². The highest BCUT2D eigenvalue weighted by molar-refractivity contribution is 6.31. The lowest BCUT2D eigenvalue weighted by atomic mass is 9.87. The zero-order chi connectivity index (χ0) is 31.8. The lowest BCUT2D eigenvalue weighted by Crippen LogP contribution is -2.43. The highest BCUT2D eigenvalue weighted by atomic mass is 35.5. The van der Waals surface area contributed by atoms with E-state index in [2.05, 4.69) is 0 Å². The molecular weight excluding hydrogens is 597 g/mol. The molecule has 0 aliphatic heterocycles. The van der Waals surface area contributed by atoms with Gasteiger partial charge in [0.1, 0.15) is 0 Å². The molecular formula is C36H35Cl2NO5. The summed E-state index contributed by atoms with van der Waals surface area (Å²) in [6, 6.07) is 26.8. The maximum atomic E-state index is 13.9. The molecule has 8 heteroatoms. The lowest BCUT2D eigenvalue weighted by Gasteiger charge is -2.36. The molecule has 0 heterocycles. The minimum absolute atomic E-state index is 0.184. The molecule has 0 aliphatic carbocycles. The molecule has 4 aromatic rings. The number of hydrogen-bond acceptors (Lipinski definition) is 3. The molecule has 0 fully saturated rings. The Labute approximate surface area is 267 Å². The lowest BCUT2D eigenvalue weighted by molar-refractivity contribution is -0.151. The number of fused-ring (bicyclic) bond motifs is 1. The Bertz CT molecular complexity index is 1670. The SMILES string of the molecule is Cc1ccc(C=CCC(c2ccc(Cl)cc2)C(C)N(Cc2ccc3ccccc3c2)C(=O)CC(CC(=O)O)C(=O)O)cc1Cl. The first-order valence-corrected chi connectivity index (χ1v) is 15.2. The van der Waals surface area contributed by atoms with Crippen molar-refractivity contribution in [1.29, 1.82) is 0 Å². The summed E-state index contributed by atoms with van der Waals surface area (Å²) < 4.78 is 0. The number of carbonyl (C=O) groups is 3. The number of hydrogen-bond donors (Lipinski definition) is 2. The van der Waals surface area contributed by atoms with Crippen molar-refractivity contribution in [2.75, 3.05) is 0 Å². The predicted octanol–water partition coefficient (Wildman–Crippen LogP) is 8.63. The Kier molecular flexibility index (Phi) is 11.2. The standard InChI is InChI=1S/C36H35Cl2NO5/c1-23-10-11-25(19-33(23)38)6-5-9-32(28-14-16-31(37)17-15-28)24(2)39(34(40)20-30(36(43)44)21-35(41)42)22-26-12-13-27-7-3-4-8-29(27)18-26/h3-8,10-19,24,30,32H,9,20-22H2,1-2H3,(H,41,42)(H,43,44). The summed E-state index contributed by atoms with van der Waals surface area (Å²) >= 11 is 12.5. The second-order valence-corrected chi connectivity index (χ2v) is 11.9. The van der Waals surface area contributed by atoms with E-state index >= 15 is 0 Å². The van der Waals surface area contributed by atoms with E-state index in [1.165, 1.54) is 0 Å². The first kappa shape index (κ1) is 32.8. The third-order valence-corrected chi connectivity index (χ3v) is 8.61. The molecule has 0 radical (unpaired) electrons. The van der Waals surface area contributed by atoms with Gasteiger partial charge in [0, 0.05) is 35.0 Å². The molecule has 2 N–H and O–H groups in total. The number of nitrogens with zero attached hydrogens (tertiary/aromatic N) is 1. The summed E-state index contributed by atoms with van der Waals surface area (Å²) in [6.07, 6.45) is 3.53. The number of aryl methyl sites for hydroxylation is 1. The molecule has 1 amide bonds. The van der Waals surface area contributed by atoms with Crippen LogP contribution in [0.4, 0.5) is 0 Å². The van der Waals surface area contributed by atoms with E-state index in [0.29, 0.717) is 16.5 Å². The molecule has 3 atom stereocenters. The minimum Gasteiger partial charge on any atom is -0.481 e. The van der Waals surface area contributed by atoms with Crippen molar-refractivity contribution in [3.8, 4) is 0 Å². The van der Waals surface area contributed by atoms with Crippen LogP contribution in [0.3, 0.4) is 0 Å². The highest BCUT2D eigenvalue weighted by Gasteiger charge is 2.32. The summed E-state index contributed by atoms with van der Waals surface area (Å²) in [5.41, 5.74) is 3.78. The minimum atomic E-state index is -1.34. The number of halogens is 2. The maximum Gasteiger partial charge on any atom is 0.307 e. The fourth-order valence-electron chi connectivity index (χ4n) is 5.38. The van der Waals surface area contributed by atoms with Crippen LogP contribution in [0.1, 0.15) is 54.4 Å². The first-order chi connectivity index (χ1) is 21.0.